The minimum atomic E-state index is -0.252. The Morgan fingerprint density at radius 3 is 2.44 bits per heavy atom. The maximum atomic E-state index is 11.6. The van der Waals surface area contributed by atoms with Crippen molar-refractivity contribution in [1.29, 1.82) is 0 Å². The Bertz CT molecular complexity index is 1220. The van der Waals surface area contributed by atoms with Crippen molar-refractivity contribution >= 4 is 28.2 Å². The number of fused-ring (bicyclic) bond motifs is 3. The van der Waals surface area contributed by atoms with E-state index in [1.54, 1.807) is 0 Å². The van der Waals surface area contributed by atoms with Crippen molar-refractivity contribution in [3.05, 3.63) is 78.5 Å². The SMILES string of the molecule is COC(=O)Cc1c[nH]c2cc(OCCCN3c4ccccc4Oc4ccccc43)ccc12. The van der Waals surface area contributed by atoms with E-state index >= 15 is 0 Å². The Kier molecular flexibility index (Phi) is 5.42. The van der Waals surface area contributed by atoms with Crippen LogP contribution < -0.4 is 14.4 Å². The predicted molar refractivity (Wildman–Crippen MR) is 124 cm³/mol. The van der Waals surface area contributed by atoms with Crippen LogP contribution in [0.3, 0.4) is 0 Å². The molecule has 32 heavy (non-hydrogen) atoms. The standard InChI is InChI=1S/C26H24N2O4/c1-30-26(29)15-18-17-27-21-16-19(11-12-20(18)21)31-14-6-13-28-22-7-2-4-9-24(22)32-25-10-5-3-8-23(25)28/h2-5,7-12,16-17,27H,6,13-15H2,1H3. The summed E-state index contributed by atoms with van der Waals surface area (Å²) in [4.78, 5) is 17.1. The van der Waals surface area contributed by atoms with E-state index in [0.29, 0.717) is 6.61 Å². The maximum Gasteiger partial charge on any atom is 0.310 e. The lowest BCUT2D eigenvalue weighted by Gasteiger charge is -2.32. The smallest absolute Gasteiger partial charge is 0.310 e. The number of hydrogen-bond acceptors (Lipinski definition) is 5. The average Bonchev–Trinajstić information content (AvgIpc) is 3.22. The normalized spacial score (nSPS) is 12.1. The first kappa shape index (κ1) is 20.0. The molecule has 0 saturated heterocycles. The first-order chi connectivity index (χ1) is 15.7. The Morgan fingerprint density at radius 1 is 1.00 bits per heavy atom. The molecule has 0 atom stereocenters. The molecule has 1 aromatic heterocycles. The summed E-state index contributed by atoms with van der Waals surface area (Å²) in [5.41, 5.74) is 4.00. The van der Waals surface area contributed by atoms with Crippen molar-refractivity contribution in [1.82, 2.24) is 4.98 Å². The largest absolute Gasteiger partial charge is 0.493 e. The van der Waals surface area contributed by atoms with E-state index in [4.69, 9.17) is 14.2 Å². The van der Waals surface area contributed by atoms with Crippen molar-refractivity contribution in [2.24, 2.45) is 0 Å². The predicted octanol–water partition coefficient (Wildman–Crippen LogP) is 5.60. The molecule has 1 aliphatic rings. The van der Waals surface area contributed by atoms with Crippen LogP contribution in [0, 0.1) is 0 Å². The highest BCUT2D eigenvalue weighted by Crippen LogP contribution is 2.46. The number of methoxy groups -OCH3 is 1. The fourth-order valence-corrected chi connectivity index (χ4v) is 4.06. The van der Waals surface area contributed by atoms with Gasteiger partial charge in [0, 0.05) is 29.7 Å². The van der Waals surface area contributed by atoms with Crippen LogP contribution in [0.1, 0.15) is 12.0 Å². The fraction of sp³-hybridized carbons (Fsp3) is 0.192. The van der Waals surface area contributed by atoms with Crippen LogP contribution in [0.5, 0.6) is 17.2 Å². The van der Waals surface area contributed by atoms with E-state index in [1.165, 1.54) is 7.11 Å². The van der Waals surface area contributed by atoms with Gasteiger partial charge in [-0.2, -0.15) is 0 Å². The van der Waals surface area contributed by atoms with Crippen molar-refractivity contribution in [3.63, 3.8) is 0 Å². The van der Waals surface area contributed by atoms with Gasteiger partial charge in [-0.05, 0) is 48.4 Å². The molecular formula is C26H24N2O4. The lowest BCUT2D eigenvalue weighted by molar-refractivity contribution is -0.139. The molecule has 0 saturated carbocycles. The van der Waals surface area contributed by atoms with Gasteiger partial charge in [-0.3, -0.25) is 4.79 Å². The molecule has 2 heterocycles. The zero-order chi connectivity index (χ0) is 21.9. The summed E-state index contributed by atoms with van der Waals surface area (Å²) in [5.74, 6) is 2.28. The second-order valence-corrected chi connectivity index (χ2v) is 7.67. The zero-order valence-corrected chi connectivity index (χ0v) is 17.8. The second kappa shape index (κ2) is 8.67. The van der Waals surface area contributed by atoms with E-state index < -0.39 is 0 Å². The third kappa shape index (κ3) is 3.87. The van der Waals surface area contributed by atoms with Crippen LogP contribution in [0.15, 0.2) is 72.9 Å². The number of ether oxygens (including phenoxy) is 3. The van der Waals surface area contributed by atoms with Crippen molar-refractivity contribution in [3.8, 4) is 17.2 Å². The molecule has 6 nitrogen and oxygen atoms in total. The number of benzene rings is 3. The monoisotopic (exact) mass is 428 g/mol. The molecule has 4 aromatic rings. The molecule has 3 aromatic carbocycles. The lowest BCUT2D eigenvalue weighted by atomic mass is 10.1. The van der Waals surface area contributed by atoms with E-state index in [2.05, 4.69) is 22.0 Å². The van der Waals surface area contributed by atoms with E-state index in [1.807, 2.05) is 60.8 Å². The van der Waals surface area contributed by atoms with Crippen molar-refractivity contribution in [2.45, 2.75) is 12.8 Å². The van der Waals surface area contributed by atoms with Gasteiger partial charge in [0.1, 0.15) is 5.75 Å². The van der Waals surface area contributed by atoms with Gasteiger partial charge >= 0.3 is 5.97 Å². The number of carbonyl (C=O) groups is 1. The Balaban J connectivity index is 1.24. The summed E-state index contributed by atoms with van der Waals surface area (Å²) in [6.07, 6.45) is 2.94. The summed E-state index contributed by atoms with van der Waals surface area (Å²) in [7, 11) is 1.40. The van der Waals surface area contributed by atoms with Gasteiger partial charge in [0.25, 0.3) is 0 Å². The first-order valence-corrected chi connectivity index (χ1v) is 10.7. The minimum absolute atomic E-state index is 0.249. The molecule has 0 aliphatic carbocycles. The van der Waals surface area contributed by atoms with Crippen LogP contribution >= 0.6 is 0 Å². The molecule has 0 spiro atoms. The Labute approximate surface area is 186 Å². The van der Waals surface area contributed by atoms with E-state index in [0.717, 1.165) is 58.1 Å². The number of esters is 1. The fourth-order valence-electron chi connectivity index (χ4n) is 4.06. The number of rotatable bonds is 7. The number of para-hydroxylation sites is 4. The molecule has 0 bridgehead atoms. The number of hydrogen-bond donors (Lipinski definition) is 1. The maximum absolute atomic E-state index is 11.6. The second-order valence-electron chi connectivity index (χ2n) is 7.67. The Hall–Kier alpha value is -3.93. The minimum Gasteiger partial charge on any atom is -0.493 e. The molecule has 0 unspecified atom stereocenters. The van der Waals surface area contributed by atoms with Gasteiger partial charge in [-0.1, -0.05) is 24.3 Å². The van der Waals surface area contributed by atoms with Gasteiger partial charge in [-0.25, -0.2) is 0 Å². The highest BCUT2D eigenvalue weighted by Gasteiger charge is 2.23. The van der Waals surface area contributed by atoms with E-state index in [9.17, 15) is 4.79 Å². The summed E-state index contributed by atoms with van der Waals surface area (Å²) in [5, 5.41) is 1.00. The third-order valence-corrected chi connectivity index (χ3v) is 5.63. The molecular weight excluding hydrogens is 404 g/mol. The van der Waals surface area contributed by atoms with Crippen molar-refractivity contribution < 1.29 is 19.0 Å². The van der Waals surface area contributed by atoms with Gasteiger partial charge in [0.15, 0.2) is 11.5 Å². The number of nitrogens with zero attached hydrogens (tertiary/aromatic N) is 1. The number of H-pyrrole nitrogens is 1. The molecule has 5 rings (SSSR count). The molecule has 162 valence electrons. The zero-order valence-electron chi connectivity index (χ0n) is 17.8. The number of carbonyl (C=O) groups excluding carboxylic acids is 1. The van der Waals surface area contributed by atoms with Crippen LogP contribution in [-0.4, -0.2) is 31.2 Å². The summed E-state index contributed by atoms with van der Waals surface area (Å²) in [6.45, 7) is 1.40. The number of aromatic nitrogens is 1. The summed E-state index contributed by atoms with van der Waals surface area (Å²) < 4.78 is 16.8. The first-order valence-electron chi connectivity index (χ1n) is 10.7. The van der Waals surface area contributed by atoms with Crippen LogP contribution in [0.2, 0.25) is 0 Å². The van der Waals surface area contributed by atoms with Crippen molar-refractivity contribution in [2.75, 3.05) is 25.2 Å². The highest BCUT2D eigenvalue weighted by molar-refractivity contribution is 5.88. The molecule has 1 aliphatic heterocycles. The summed E-state index contributed by atoms with van der Waals surface area (Å²) in [6, 6.07) is 22.1. The number of anilines is 2. The molecule has 0 amide bonds. The number of aromatic amines is 1. The van der Waals surface area contributed by atoms with Gasteiger partial charge < -0.3 is 24.1 Å². The topological polar surface area (TPSA) is 63.8 Å². The molecule has 0 radical (unpaired) electrons. The van der Waals surface area contributed by atoms with Crippen LogP contribution in [0.4, 0.5) is 11.4 Å². The quantitative estimate of drug-likeness (QED) is 0.307. The van der Waals surface area contributed by atoms with Gasteiger partial charge in [-0.15, -0.1) is 0 Å². The average molecular weight is 428 g/mol. The van der Waals surface area contributed by atoms with Crippen LogP contribution in [-0.2, 0) is 16.0 Å². The lowest BCUT2D eigenvalue weighted by Crippen LogP contribution is -2.23. The third-order valence-electron chi connectivity index (χ3n) is 5.63. The van der Waals surface area contributed by atoms with Gasteiger partial charge in [0.05, 0.1) is 31.5 Å². The number of nitrogens with one attached hydrogen (secondary N) is 1. The van der Waals surface area contributed by atoms with E-state index in [-0.39, 0.29) is 12.4 Å². The van der Waals surface area contributed by atoms with Gasteiger partial charge in [0.2, 0.25) is 0 Å². The molecule has 0 fully saturated rings. The van der Waals surface area contributed by atoms with Crippen LogP contribution in [0.25, 0.3) is 10.9 Å². The Morgan fingerprint density at radius 2 is 1.72 bits per heavy atom. The molecule has 6 heteroatoms. The highest BCUT2D eigenvalue weighted by atomic mass is 16.5. The summed E-state index contributed by atoms with van der Waals surface area (Å²) >= 11 is 0. The molecule has 1 N–H and O–H groups in total.